The van der Waals surface area contributed by atoms with Gasteiger partial charge in [-0.05, 0) is 31.6 Å². The summed E-state index contributed by atoms with van der Waals surface area (Å²) in [5.41, 5.74) is -0.406. The van der Waals surface area contributed by atoms with E-state index in [4.69, 9.17) is 4.52 Å². The van der Waals surface area contributed by atoms with E-state index in [-0.39, 0.29) is 5.91 Å². The van der Waals surface area contributed by atoms with E-state index in [1.54, 1.807) is 6.92 Å². The summed E-state index contributed by atoms with van der Waals surface area (Å²) < 4.78 is 5.09. The van der Waals surface area contributed by atoms with Crippen LogP contribution in [0.25, 0.3) is 0 Å². The molecule has 1 atom stereocenters. The van der Waals surface area contributed by atoms with Crippen molar-refractivity contribution in [1.82, 2.24) is 15.5 Å². The van der Waals surface area contributed by atoms with Crippen LogP contribution < -0.4 is 5.32 Å². The molecule has 1 N–H and O–H groups in total. The molecular formula is C15H21N3O2. The molecule has 0 radical (unpaired) electrons. The molecule has 5 nitrogen and oxygen atoms in total. The average molecular weight is 275 g/mol. The molecule has 1 aromatic heterocycles. The van der Waals surface area contributed by atoms with Crippen LogP contribution in [0.3, 0.4) is 0 Å². The first-order chi connectivity index (χ1) is 9.68. The third-order valence-corrected chi connectivity index (χ3v) is 4.35. The standard InChI is InChI=1S/C15H21N3O2/c1-11-16-14(18-20-11)15(8-4-5-9-15)17-13(19)10-12-6-2-3-7-12/h2,6,12H,3-5,7-10H2,1H3,(H,17,19). The van der Waals surface area contributed by atoms with Crippen molar-refractivity contribution in [3.8, 4) is 0 Å². The van der Waals surface area contributed by atoms with E-state index in [0.717, 1.165) is 38.5 Å². The Hall–Kier alpha value is -1.65. The Bertz CT molecular complexity index is 515. The van der Waals surface area contributed by atoms with Crippen molar-refractivity contribution < 1.29 is 9.32 Å². The third kappa shape index (κ3) is 2.62. The van der Waals surface area contributed by atoms with Crippen molar-refractivity contribution in [3.63, 3.8) is 0 Å². The molecule has 1 aromatic rings. The first-order valence-electron chi connectivity index (χ1n) is 7.46. The summed E-state index contributed by atoms with van der Waals surface area (Å²) in [7, 11) is 0. The molecule has 0 saturated heterocycles. The van der Waals surface area contributed by atoms with Crippen LogP contribution in [0.15, 0.2) is 16.7 Å². The lowest BCUT2D eigenvalue weighted by Gasteiger charge is -2.27. The number of rotatable bonds is 4. The zero-order chi connectivity index (χ0) is 14.0. The molecule has 0 spiro atoms. The predicted molar refractivity (Wildman–Crippen MR) is 73.8 cm³/mol. The minimum absolute atomic E-state index is 0.103. The summed E-state index contributed by atoms with van der Waals surface area (Å²) >= 11 is 0. The summed E-state index contributed by atoms with van der Waals surface area (Å²) in [4.78, 5) is 16.7. The van der Waals surface area contributed by atoms with Gasteiger partial charge in [0.25, 0.3) is 0 Å². The largest absolute Gasteiger partial charge is 0.343 e. The van der Waals surface area contributed by atoms with Crippen molar-refractivity contribution in [2.75, 3.05) is 0 Å². The molecule has 2 aliphatic rings. The Morgan fingerprint density at radius 3 is 2.90 bits per heavy atom. The zero-order valence-corrected chi connectivity index (χ0v) is 11.9. The number of hydrogen-bond donors (Lipinski definition) is 1. The molecule has 1 saturated carbocycles. The van der Waals surface area contributed by atoms with Crippen LogP contribution in [0.1, 0.15) is 56.7 Å². The van der Waals surface area contributed by atoms with Gasteiger partial charge < -0.3 is 9.84 Å². The highest BCUT2D eigenvalue weighted by atomic mass is 16.5. The number of hydrogen-bond acceptors (Lipinski definition) is 4. The van der Waals surface area contributed by atoms with Gasteiger partial charge in [0.2, 0.25) is 11.8 Å². The van der Waals surface area contributed by atoms with Gasteiger partial charge in [0.05, 0.1) is 0 Å². The maximum absolute atomic E-state index is 12.3. The van der Waals surface area contributed by atoms with Gasteiger partial charge in [-0.1, -0.05) is 30.2 Å². The molecule has 0 aliphatic heterocycles. The minimum atomic E-state index is -0.406. The molecule has 20 heavy (non-hydrogen) atoms. The lowest BCUT2D eigenvalue weighted by Crippen LogP contribution is -2.45. The number of aromatic nitrogens is 2. The second-order valence-electron chi connectivity index (χ2n) is 5.94. The molecular weight excluding hydrogens is 254 g/mol. The third-order valence-electron chi connectivity index (χ3n) is 4.35. The number of nitrogens with one attached hydrogen (secondary N) is 1. The fraction of sp³-hybridized carbons (Fsp3) is 0.667. The number of aryl methyl sites for hydroxylation is 1. The van der Waals surface area contributed by atoms with Crippen molar-refractivity contribution in [2.45, 2.75) is 57.4 Å². The number of amides is 1. The van der Waals surface area contributed by atoms with E-state index < -0.39 is 5.54 Å². The van der Waals surface area contributed by atoms with E-state index in [1.807, 2.05) is 0 Å². The number of carbonyl (C=O) groups excluding carboxylic acids is 1. The fourth-order valence-corrected chi connectivity index (χ4v) is 3.30. The normalized spacial score (nSPS) is 24.1. The van der Waals surface area contributed by atoms with Gasteiger partial charge in [0.15, 0.2) is 5.82 Å². The Kier molecular flexibility index (Phi) is 3.59. The van der Waals surface area contributed by atoms with Gasteiger partial charge in [-0.3, -0.25) is 4.79 Å². The van der Waals surface area contributed by atoms with Gasteiger partial charge in [0, 0.05) is 13.3 Å². The maximum atomic E-state index is 12.3. The summed E-state index contributed by atoms with van der Waals surface area (Å²) in [5, 5.41) is 7.23. The molecule has 0 aromatic carbocycles. The Morgan fingerprint density at radius 1 is 1.50 bits per heavy atom. The minimum Gasteiger partial charge on any atom is -0.343 e. The Labute approximate surface area is 118 Å². The van der Waals surface area contributed by atoms with Gasteiger partial charge in [-0.2, -0.15) is 4.98 Å². The highest BCUT2D eigenvalue weighted by Gasteiger charge is 2.41. The van der Waals surface area contributed by atoms with Gasteiger partial charge in [-0.25, -0.2) is 0 Å². The van der Waals surface area contributed by atoms with Crippen LogP contribution in [0, 0.1) is 12.8 Å². The summed E-state index contributed by atoms with van der Waals surface area (Å²) in [5.74, 6) is 1.69. The summed E-state index contributed by atoms with van der Waals surface area (Å²) in [6.07, 6.45) is 11.0. The van der Waals surface area contributed by atoms with Gasteiger partial charge in [0.1, 0.15) is 5.54 Å². The Balaban J connectivity index is 1.71. The first kappa shape index (κ1) is 13.3. The SMILES string of the molecule is Cc1nc(C2(NC(=O)CC3C=CCC3)CCCC2)no1. The fourth-order valence-electron chi connectivity index (χ4n) is 3.30. The number of nitrogens with zero attached hydrogens (tertiary/aromatic N) is 2. The zero-order valence-electron chi connectivity index (χ0n) is 11.9. The highest BCUT2D eigenvalue weighted by molar-refractivity contribution is 5.77. The van der Waals surface area contributed by atoms with Crippen molar-refractivity contribution in [2.24, 2.45) is 5.92 Å². The average Bonchev–Trinajstić information content (AvgIpc) is 3.11. The topological polar surface area (TPSA) is 68.0 Å². The van der Waals surface area contributed by atoms with E-state index in [2.05, 4.69) is 27.6 Å². The van der Waals surface area contributed by atoms with E-state index in [9.17, 15) is 4.79 Å². The van der Waals surface area contributed by atoms with E-state index in [0.29, 0.717) is 24.1 Å². The van der Waals surface area contributed by atoms with Crippen LogP contribution >= 0.6 is 0 Å². The molecule has 0 bridgehead atoms. The molecule has 1 heterocycles. The molecule has 1 fully saturated rings. The second kappa shape index (κ2) is 5.38. The number of allylic oxidation sites excluding steroid dienone is 2. The monoisotopic (exact) mass is 275 g/mol. The molecule has 1 unspecified atom stereocenters. The van der Waals surface area contributed by atoms with Crippen molar-refractivity contribution in [3.05, 3.63) is 23.9 Å². The second-order valence-corrected chi connectivity index (χ2v) is 5.94. The molecule has 2 aliphatic carbocycles. The molecule has 5 heteroatoms. The van der Waals surface area contributed by atoms with Crippen LogP contribution in [-0.4, -0.2) is 16.0 Å². The molecule has 3 rings (SSSR count). The Morgan fingerprint density at radius 2 is 2.30 bits per heavy atom. The van der Waals surface area contributed by atoms with Crippen molar-refractivity contribution >= 4 is 5.91 Å². The van der Waals surface area contributed by atoms with Crippen LogP contribution in [0.4, 0.5) is 0 Å². The van der Waals surface area contributed by atoms with Gasteiger partial charge >= 0.3 is 0 Å². The van der Waals surface area contributed by atoms with Crippen molar-refractivity contribution in [1.29, 1.82) is 0 Å². The lowest BCUT2D eigenvalue weighted by molar-refractivity contribution is -0.123. The predicted octanol–water partition coefficient (Wildman–Crippen LogP) is 2.62. The van der Waals surface area contributed by atoms with Crippen LogP contribution in [0.5, 0.6) is 0 Å². The lowest BCUT2D eigenvalue weighted by atomic mass is 9.95. The summed E-state index contributed by atoms with van der Waals surface area (Å²) in [6, 6.07) is 0. The first-order valence-corrected chi connectivity index (χ1v) is 7.46. The quantitative estimate of drug-likeness (QED) is 0.858. The molecule has 1 amide bonds. The van der Waals surface area contributed by atoms with Gasteiger partial charge in [-0.15, -0.1) is 0 Å². The molecule has 108 valence electrons. The van der Waals surface area contributed by atoms with E-state index >= 15 is 0 Å². The summed E-state index contributed by atoms with van der Waals surface area (Å²) in [6.45, 7) is 1.78. The smallest absolute Gasteiger partial charge is 0.223 e. The highest BCUT2D eigenvalue weighted by Crippen LogP contribution is 2.37. The maximum Gasteiger partial charge on any atom is 0.223 e. The van der Waals surface area contributed by atoms with E-state index in [1.165, 1.54) is 0 Å². The van der Waals surface area contributed by atoms with Crippen LogP contribution in [-0.2, 0) is 10.3 Å². The number of carbonyl (C=O) groups is 1. The van der Waals surface area contributed by atoms with Crippen LogP contribution in [0.2, 0.25) is 0 Å².